The number of allylic oxidation sites excluding steroid dienone is 2. The Morgan fingerprint density at radius 3 is 2.47 bits per heavy atom. The largest absolute Gasteiger partial charge is 0.508 e. The van der Waals surface area contributed by atoms with Crippen LogP contribution in [-0.2, 0) is 10.3 Å². The number of hydrogen-bond acceptors (Lipinski definition) is 4. The quantitative estimate of drug-likeness (QED) is 0.654. The Bertz CT molecular complexity index is 1140. The van der Waals surface area contributed by atoms with Gasteiger partial charge in [-0.2, -0.15) is 0 Å². The van der Waals surface area contributed by atoms with E-state index < -0.39 is 5.54 Å². The zero-order valence-electron chi connectivity index (χ0n) is 16.8. The lowest BCUT2D eigenvalue weighted by Crippen LogP contribution is -2.50. The van der Waals surface area contributed by atoms with Crippen molar-refractivity contribution >= 4 is 10.8 Å². The highest BCUT2D eigenvalue weighted by atomic mass is 16.5. The van der Waals surface area contributed by atoms with Crippen LogP contribution in [0.1, 0.15) is 12.0 Å². The number of morpholine rings is 1. The number of phenolic OH excluding ortho intramolecular Hbond substituents is 2. The van der Waals surface area contributed by atoms with Crippen LogP contribution in [0.15, 0.2) is 78.9 Å². The first-order valence-corrected chi connectivity index (χ1v) is 10.4. The Morgan fingerprint density at radius 2 is 1.70 bits per heavy atom. The van der Waals surface area contributed by atoms with E-state index in [2.05, 4.69) is 47.4 Å². The van der Waals surface area contributed by atoms with Gasteiger partial charge in [0.25, 0.3) is 0 Å². The first-order valence-electron chi connectivity index (χ1n) is 10.4. The molecule has 0 aromatic heterocycles. The van der Waals surface area contributed by atoms with Crippen LogP contribution in [-0.4, -0.2) is 41.4 Å². The second-order valence-electron chi connectivity index (χ2n) is 7.96. The predicted octanol–water partition coefficient (Wildman–Crippen LogP) is 4.96. The van der Waals surface area contributed by atoms with Crippen molar-refractivity contribution in [3.63, 3.8) is 0 Å². The fraction of sp³-hybridized carbons (Fsp3) is 0.231. The lowest BCUT2D eigenvalue weighted by Gasteiger charge is -2.45. The average Bonchev–Trinajstić information content (AvgIpc) is 2.80. The minimum Gasteiger partial charge on any atom is -0.508 e. The van der Waals surface area contributed by atoms with Crippen LogP contribution in [0, 0.1) is 0 Å². The number of fused-ring (bicyclic) bond motifs is 1. The van der Waals surface area contributed by atoms with E-state index in [1.54, 1.807) is 18.2 Å². The number of benzene rings is 3. The second kappa shape index (κ2) is 7.63. The highest BCUT2D eigenvalue weighted by Crippen LogP contribution is 2.45. The summed E-state index contributed by atoms with van der Waals surface area (Å²) in [4.78, 5) is 2.42. The van der Waals surface area contributed by atoms with Crippen molar-refractivity contribution < 1.29 is 14.9 Å². The van der Waals surface area contributed by atoms with Crippen molar-refractivity contribution in [1.29, 1.82) is 0 Å². The van der Waals surface area contributed by atoms with E-state index in [0.29, 0.717) is 19.0 Å². The molecule has 1 aliphatic carbocycles. The van der Waals surface area contributed by atoms with Gasteiger partial charge in [-0.05, 0) is 52.6 Å². The van der Waals surface area contributed by atoms with Crippen LogP contribution >= 0.6 is 0 Å². The molecule has 5 rings (SSSR count). The molecule has 0 spiro atoms. The monoisotopic (exact) mass is 399 g/mol. The molecule has 1 atom stereocenters. The van der Waals surface area contributed by atoms with Crippen LogP contribution in [0.4, 0.5) is 0 Å². The summed E-state index contributed by atoms with van der Waals surface area (Å²) in [6.45, 7) is 3.06. The number of phenols is 2. The molecule has 4 nitrogen and oxygen atoms in total. The van der Waals surface area contributed by atoms with Gasteiger partial charge in [-0.1, -0.05) is 54.6 Å². The summed E-state index contributed by atoms with van der Waals surface area (Å²) < 4.78 is 5.60. The van der Waals surface area contributed by atoms with Gasteiger partial charge in [-0.15, -0.1) is 0 Å². The Labute approximate surface area is 176 Å². The van der Waals surface area contributed by atoms with Gasteiger partial charge in [0.05, 0.1) is 18.8 Å². The minimum absolute atomic E-state index is 0.254. The van der Waals surface area contributed by atoms with Crippen LogP contribution in [0.5, 0.6) is 11.5 Å². The molecular formula is C26H25NO3. The van der Waals surface area contributed by atoms with Crippen LogP contribution in [0.25, 0.3) is 21.9 Å². The average molecular weight is 399 g/mol. The maximum absolute atomic E-state index is 11.0. The highest BCUT2D eigenvalue weighted by molar-refractivity contribution is 5.92. The van der Waals surface area contributed by atoms with Crippen molar-refractivity contribution in [2.24, 2.45) is 0 Å². The third-order valence-electron chi connectivity index (χ3n) is 6.23. The summed E-state index contributed by atoms with van der Waals surface area (Å²) >= 11 is 0. The molecule has 1 saturated heterocycles. The van der Waals surface area contributed by atoms with E-state index in [0.717, 1.165) is 47.0 Å². The predicted molar refractivity (Wildman–Crippen MR) is 120 cm³/mol. The van der Waals surface area contributed by atoms with Crippen LogP contribution in [0.2, 0.25) is 0 Å². The Hall–Kier alpha value is -3.08. The van der Waals surface area contributed by atoms with Gasteiger partial charge in [0.15, 0.2) is 0 Å². The van der Waals surface area contributed by atoms with Gasteiger partial charge in [0.1, 0.15) is 11.5 Å². The Kier molecular flexibility index (Phi) is 4.81. The Balaban J connectivity index is 1.68. The first-order chi connectivity index (χ1) is 14.7. The summed E-state index contributed by atoms with van der Waals surface area (Å²) in [7, 11) is 0. The number of aromatic hydroxyl groups is 2. The number of nitrogens with zero attached hydrogens (tertiary/aromatic N) is 1. The minimum atomic E-state index is -0.394. The maximum atomic E-state index is 11.0. The molecule has 152 valence electrons. The van der Waals surface area contributed by atoms with Gasteiger partial charge >= 0.3 is 0 Å². The molecule has 0 saturated carbocycles. The van der Waals surface area contributed by atoms with E-state index >= 15 is 0 Å². The molecule has 1 aliphatic heterocycles. The lowest BCUT2D eigenvalue weighted by atomic mass is 9.78. The van der Waals surface area contributed by atoms with Crippen LogP contribution < -0.4 is 0 Å². The summed E-state index contributed by atoms with van der Waals surface area (Å²) in [6, 6.07) is 17.3. The van der Waals surface area contributed by atoms with Crippen molar-refractivity contribution in [2.75, 3.05) is 26.3 Å². The van der Waals surface area contributed by atoms with Gasteiger partial charge in [0.2, 0.25) is 0 Å². The van der Waals surface area contributed by atoms with Gasteiger partial charge in [0, 0.05) is 18.7 Å². The number of hydrogen-bond donors (Lipinski definition) is 2. The third-order valence-corrected chi connectivity index (χ3v) is 6.23. The van der Waals surface area contributed by atoms with Crippen LogP contribution in [0.3, 0.4) is 0 Å². The normalized spacial score (nSPS) is 21.9. The summed E-state index contributed by atoms with van der Waals surface area (Å²) in [6.07, 6.45) is 9.36. The molecule has 3 aromatic rings. The molecule has 0 radical (unpaired) electrons. The topological polar surface area (TPSA) is 52.9 Å². The molecule has 30 heavy (non-hydrogen) atoms. The number of rotatable bonds is 3. The fourth-order valence-corrected chi connectivity index (χ4v) is 4.79. The van der Waals surface area contributed by atoms with Crippen molar-refractivity contribution in [3.05, 3.63) is 84.5 Å². The zero-order chi connectivity index (χ0) is 20.6. The number of ether oxygens (including phenoxy) is 1. The van der Waals surface area contributed by atoms with Gasteiger partial charge < -0.3 is 14.9 Å². The maximum Gasteiger partial charge on any atom is 0.121 e. The van der Waals surface area contributed by atoms with Gasteiger partial charge in [-0.25, -0.2) is 0 Å². The first kappa shape index (κ1) is 18.9. The third kappa shape index (κ3) is 3.18. The standard InChI is InChI=1S/C26H25NO3/c28-22-6-4-5-19(18-22)20-7-9-23-21(17-20)8-10-24(29)25(23)26(11-2-1-3-12-26)27-13-15-30-16-14-27/h1-11,17-18,28-29H,12-16H2. The zero-order valence-corrected chi connectivity index (χ0v) is 16.8. The molecule has 1 fully saturated rings. The van der Waals surface area contributed by atoms with E-state index in [-0.39, 0.29) is 5.75 Å². The molecule has 1 heterocycles. The van der Waals surface area contributed by atoms with E-state index in [9.17, 15) is 10.2 Å². The van der Waals surface area contributed by atoms with Crippen molar-refractivity contribution in [3.8, 4) is 22.6 Å². The SMILES string of the molecule is Oc1cccc(-c2ccc3c(C4(N5CCOCC5)C=CC=CC4)c(O)ccc3c2)c1. The van der Waals surface area contributed by atoms with E-state index in [1.165, 1.54) is 0 Å². The van der Waals surface area contributed by atoms with E-state index in [1.807, 2.05) is 18.2 Å². The van der Waals surface area contributed by atoms with Crippen molar-refractivity contribution in [2.45, 2.75) is 12.0 Å². The second-order valence-corrected chi connectivity index (χ2v) is 7.96. The summed E-state index contributed by atoms with van der Waals surface area (Å²) in [5.41, 5.74) is 2.56. The molecule has 0 bridgehead atoms. The molecular weight excluding hydrogens is 374 g/mol. The van der Waals surface area contributed by atoms with Crippen molar-refractivity contribution in [1.82, 2.24) is 4.90 Å². The molecule has 4 heteroatoms. The lowest BCUT2D eigenvalue weighted by molar-refractivity contribution is -0.00744. The smallest absolute Gasteiger partial charge is 0.121 e. The summed E-state index contributed by atoms with van der Waals surface area (Å²) in [5, 5.41) is 23.0. The van der Waals surface area contributed by atoms with Gasteiger partial charge in [-0.3, -0.25) is 4.90 Å². The van der Waals surface area contributed by atoms with E-state index in [4.69, 9.17) is 4.74 Å². The molecule has 2 aliphatic rings. The molecule has 1 unspecified atom stereocenters. The molecule has 2 N–H and O–H groups in total. The molecule has 0 amide bonds. The fourth-order valence-electron chi connectivity index (χ4n) is 4.79. The Morgan fingerprint density at radius 1 is 0.867 bits per heavy atom. The molecule has 3 aromatic carbocycles. The highest BCUT2D eigenvalue weighted by Gasteiger charge is 2.40. The summed E-state index contributed by atoms with van der Waals surface area (Å²) in [5.74, 6) is 0.573.